The second kappa shape index (κ2) is 2.66. The Balaban J connectivity index is 2.54. The van der Waals surface area contributed by atoms with Crippen molar-refractivity contribution in [3.63, 3.8) is 0 Å². The molecule has 3 heterocycles. The van der Waals surface area contributed by atoms with Gasteiger partial charge in [0.05, 0.1) is 22.2 Å². The first-order valence-electron chi connectivity index (χ1n) is 4.77. The van der Waals surface area contributed by atoms with Gasteiger partial charge in [0.2, 0.25) is 0 Å². The zero-order valence-electron chi connectivity index (χ0n) is 8.74. The van der Waals surface area contributed by atoms with E-state index in [2.05, 4.69) is 15.4 Å². The Bertz CT molecular complexity index is 656. The van der Waals surface area contributed by atoms with E-state index in [-0.39, 0.29) is 5.91 Å². The lowest BCUT2D eigenvalue weighted by atomic mass is 10.1. The van der Waals surface area contributed by atoms with Gasteiger partial charge in [0.15, 0.2) is 5.65 Å². The summed E-state index contributed by atoms with van der Waals surface area (Å²) in [5.41, 5.74) is 2.03. The molecule has 2 aromatic heterocycles. The highest BCUT2D eigenvalue weighted by Crippen LogP contribution is 2.26. The highest BCUT2D eigenvalue weighted by molar-refractivity contribution is 6.26. The average molecular weight is 216 g/mol. The van der Waals surface area contributed by atoms with Gasteiger partial charge in [-0.05, 0) is 6.92 Å². The molecule has 16 heavy (non-hydrogen) atoms. The molecule has 1 N–H and O–H groups in total. The number of carbonyl (C=O) groups is 2. The first-order valence-corrected chi connectivity index (χ1v) is 4.77. The lowest BCUT2D eigenvalue weighted by molar-refractivity contribution is 0.0880. The molecule has 0 bridgehead atoms. The fourth-order valence-electron chi connectivity index (χ4n) is 2.05. The highest BCUT2D eigenvalue weighted by atomic mass is 16.2. The summed E-state index contributed by atoms with van der Waals surface area (Å²) in [7, 11) is 1.75. The van der Waals surface area contributed by atoms with Gasteiger partial charge in [-0.15, -0.1) is 0 Å². The van der Waals surface area contributed by atoms with Gasteiger partial charge in [-0.1, -0.05) is 0 Å². The molecule has 0 saturated carbocycles. The molecule has 1 aliphatic rings. The Hall–Kier alpha value is -2.24. The highest BCUT2D eigenvalue weighted by Gasteiger charge is 2.31. The standard InChI is InChI=1S/C10H8N4O2/c1-4-6-7-5(9(15)12-10(7)16)3-11-8(6)14(2)13-4/h3H,1-2H3,(H,12,15,16). The van der Waals surface area contributed by atoms with Crippen molar-refractivity contribution < 1.29 is 9.59 Å². The van der Waals surface area contributed by atoms with Crippen LogP contribution in [0, 0.1) is 6.92 Å². The van der Waals surface area contributed by atoms with Crippen molar-refractivity contribution in [1.29, 1.82) is 0 Å². The van der Waals surface area contributed by atoms with Crippen LogP contribution in [0.3, 0.4) is 0 Å². The fourth-order valence-corrected chi connectivity index (χ4v) is 2.05. The molecule has 0 aliphatic carbocycles. The molecule has 1 aliphatic heterocycles. The van der Waals surface area contributed by atoms with Crippen LogP contribution in [-0.2, 0) is 7.05 Å². The van der Waals surface area contributed by atoms with Crippen LogP contribution in [0.1, 0.15) is 26.4 Å². The Morgan fingerprint density at radius 1 is 1.31 bits per heavy atom. The molecule has 2 amide bonds. The lowest BCUT2D eigenvalue weighted by Crippen LogP contribution is -2.20. The van der Waals surface area contributed by atoms with Crippen LogP contribution in [0.5, 0.6) is 0 Å². The summed E-state index contributed by atoms with van der Waals surface area (Å²) < 4.78 is 1.60. The summed E-state index contributed by atoms with van der Waals surface area (Å²) in [6, 6.07) is 0. The van der Waals surface area contributed by atoms with E-state index in [1.54, 1.807) is 18.7 Å². The van der Waals surface area contributed by atoms with Crippen molar-refractivity contribution in [1.82, 2.24) is 20.1 Å². The van der Waals surface area contributed by atoms with Crippen LogP contribution in [-0.4, -0.2) is 26.6 Å². The van der Waals surface area contributed by atoms with Crippen LogP contribution in [0.25, 0.3) is 11.0 Å². The maximum Gasteiger partial charge on any atom is 0.260 e. The van der Waals surface area contributed by atoms with Gasteiger partial charge in [0.1, 0.15) is 0 Å². The zero-order valence-corrected chi connectivity index (χ0v) is 8.74. The molecule has 0 unspecified atom stereocenters. The number of rotatable bonds is 0. The maximum absolute atomic E-state index is 11.7. The average Bonchev–Trinajstić information content (AvgIpc) is 2.67. The molecule has 0 radical (unpaired) electrons. The number of carbonyl (C=O) groups excluding carboxylic acids is 2. The number of aromatic nitrogens is 3. The number of fused-ring (bicyclic) bond motifs is 3. The Kier molecular flexibility index (Phi) is 1.50. The summed E-state index contributed by atoms with van der Waals surface area (Å²) in [5.74, 6) is -0.763. The molecule has 0 atom stereocenters. The van der Waals surface area contributed by atoms with E-state index in [1.807, 2.05) is 0 Å². The summed E-state index contributed by atoms with van der Waals surface area (Å²) in [6.07, 6.45) is 1.42. The molecule has 80 valence electrons. The number of hydrogen-bond acceptors (Lipinski definition) is 4. The van der Waals surface area contributed by atoms with E-state index < -0.39 is 5.91 Å². The van der Waals surface area contributed by atoms with Crippen molar-refractivity contribution >= 4 is 22.8 Å². The normalized spacial score (nSPS) is 14.4. The minimum absolute atomic E-state index is 0.327. The minimum atomic E-state index is -0.391. The van der Waals surface area contributed by atoms with E-state index in [0.29, 0.717) is 27.9 Å². The molecule has 3 rings (SSSR count). The fraction of sp³-hybridized carbons (Fsp3) is 0.200. The Morgan fingerprint density at radius 2 is 2.06 bits per heavy atom. The largest absolute Gasteiger partial charge is 0.288 e. The van der Waals surface area contributed by atoms with E-state index >= 15 is 0 Å². The van der Waals surface area contributed by atoms with E-state index in [0.717, 1.165) is 0 Å². The molecule has 0 saturated heterocycles. The Labute approximate surface area is 90.3 Å². The quantitative estimate of drug-likeness (QED) is 0.636. The van der Waals surface area contributed by atoms with Crippen molar-refractivity contribution in [2.24, 2.45) is 7.05 Å². The number of imide groups is 1. The van der Waals surface area contributed by atoms with Crippen molar-refractivity contribution in [2.75, 3.05) is 0 Å². The van der Waals surface area contributed by atoms with Gasteiger partial charge in [-0.2, -0.15) is 5.10 Å². The number of pyridine rings is 1. The van der Waals surface area contributed by atoms with Gasteiger partial charge in [-0.3, -0.25) is 19.6 Å². The van der Waals surface area contributed by atoms with E-state index in [1.165, 1.54) is 6.20 Å². The smallest absolute Gasteiger partial charge is 0.260 e. The number of amides is 2. The molecule has 0 aromatic carbocycles. The predicted molar refractivity (Wildman–Crippen MR) is 55.0 cm³/mol. The van der Waals surface area contributed by atoms with Gasteiger partial charge < -0.3 is 0 Å². The molecule has 0 spiro atoms. The molecular formula is C10H8N4O2. The number of hydrogen-bond donors (Lipinski definition) is 1. The van der Waals surface area contributed by atoms with Gasteiger partial charge >= 0.3 is 0 Å². The van der Waals surface area contributed by atoms with Crippen LogP contribution >= 0.6 is 0 Å². The summed E-state index contributed by atoms with van der Waals surface area (Å²) >= 11 is 0. The maximum atomic E-state index is 11.7. The number of nitrogens with zero attached hydrogens (tertiary/aromatic N) is 3. The molecule has 0 fully saturated rings. The van der Waals surface area contributed by atoms with Gasteiger partial charge in [0, 0.05) is 13.2 Å². The predicted octanol–water partition coefficient (Wildman–Crippen LogP) is 0.160. The Morgan fingerprint density at radius 3 is 2.81 bits per heavy atom. The third-order valence-electron chi connectivity index (χ3n) is 2.73. The number of nitrogens with one attached hydrogen (secondary N) is 1. The number of aryl methyl sites for hydroxylation is 2. The van der Waals surface area contributed by atoms with Gasteiger partial charge in [0.25, 0.3) is 11.8 Å². The molecule has 6 heteroatoms. The molecule has 2 aromatic rings. The third-order valence-corrected chi connectivity index (χ3v) is 2.73. The SMILES string of the molecule is Cc1nn(C)c2ncc3c(c12)C(=O)NC3=O. The first-order chi connectivity index (χ1) is 7.59. The van der Waals surface area contributed by atoms with Gasteiger partial charge in [-0.25, -0.2) is 4.98 Å². The topological polar surface area (TPSA) is 76.9 Å². The van der Waals surface area contributed by atoms with Crippen molar-refractivity contribution in [3.05, 3.63) is 23.0 Å². The lowest BCUT2D eigenvalue weighted by Gasteiger charge is -1.97. The van der Waals surface area contributed by atoms with Crippen LogP contribution in [0.4, 0.5) is 0 Å². The third kappa shape index (κ3) is 0.906. The minimum Gasteiger partial charge on any atom is -0.288 e. The van der Waals surface area contributed by atoms with Crippen molar-refractivity contribution in [2.45, 2.75) is 6.92 Å². The van der Waals surface area contributed by atoms with E-state index in [9.17, 15) is 9.59 Å². The first kappa shape index (κ1) is 9.02. The van der Waals surface area contributed by atoms with Crippen LogP contribution in [0.2, 0.25) is 0 Å². The molecule has 6 nitrogen and oxygen atoms in total. The van der Waals surface area contributed by atoms with Crippen LogP contribution in [0.15, 0.2) is 6.20 Å². The van der Waals surface area contributed by atoms with E-state index in [4.69, 9.17) is 0 Å². The summed E-state index contributed by atoms with van der Waals surface area (Å²) in [4.78, 5) is 27.2. The monoisotopic (exact) mass is 216 g/mol. The summed E-state index contributed by atoms with van der Waals surface area (Å²) in [6.45, 7) is 1.79. The zero-order chi connectivity index (χ0) is 11.4. The second-order valence-corrected chi connectivity index (χ2v) is 3.74. The van der Waals surface area contributed by atoms with Crippen molar-refractivity contribution in [3.8, 4) is 0 Å². The molecular weight excluding hydrogens is 208 g/mol. The second-order valence-electron chi connectivity index (χ2n) is 3.74. The summed E-state index contributed by atoms with van der Waals surface area (Å²) in [5, 5.41) is 7.10. The van der Waals surface area contributed by atoms with Crippen LogP contribution < -0.4 is 5.32 Å².